The van der Waals surface area contributed by atoms with Crippen LogP contribution in [0.15, 0.2) is 5.11 Å². The maximum atomic E-state index is 8.39. The van der Waals surface area contributed by atoms with Crippen LogP contribution in [0.3, 0.4) is 0 Å². The molecule has 2 radical (unpaired) electrons. The highest BCUT2D eigenvalue weighted by atomic mass is 16.6. The van der Waals surface area contributed by atoms with Crippen molar-refractivity contribution in [2.24, 2.45) is 5.11 Å². The van der Waals surface area contributed by atoms with Gasteiger partial charge in [0.05, 0.1) is 18.8 Å². The molecule has 0 spiro atoms. The smallest absolute Gasteiger partial charge is 0.112 e. The largest absolute Gasteiger partial charge is 0.376 e. The molecule has 2 saturated heterocycles. The maximum Gasteiger partial charge on any atom is 0.112 e. The summed E-state index contributed by atoms with van der Waals surface area (Å²) in [5, 5.41) is 3.69. The zero-order valence-electron chi connectivity index (χ0n) is 7.38. The Hall–Kier alpha value is -0.705. The highest BCUT2D eigenvalue weighted by molar-refractivity contribution is 6.11. The third-order valence-corrected chi connectivity index (χ3v) is 2.84. The SMILES string of the molecule is [B][C@@H]1O[C@@]2(CC)CO[C@@H]1[C@@H]2N=[N+]=[N-]. The van der Waals surface area contributed by atoms with E-state index in [1.54, 1.807) is 0 Å². The van der Waals surface area contributed by atoms with Crippen molar-refractivity contribution in [3.05, 3.63) is 10.4 Å². The molecule has 0 amide bonds. The molecule has 2 rings (SSSR count). The summed E-state index contributed by atoms with van der Waals surface area (Å²) in [4.78, 5) is 2.80. The van der Waals surface area contributed by atoms with Crippen LogP contribution in [0.2, 0.25) is 0 Å². The fourth-order valence-electron chi connectivity index (χ4n) is 2.05. The molecule has 0 aromatic carbocycles. The van der Waals surface area contributed by atoms with Gasteiger partial charge in [0, 0.05) is 10.9 Å². The average molecular weight is 179 g/mol. The van der Waals surface area contributed by atoms with Gasteiger partial charge in [-0.15, -0.1) is 0 Å². The first-order valence-corrected chi connectivity index (χ1v) is 4.33. The Balaban J connectivity index is 2.30. The fraction of sp³-hybridized carbons (Fsp3) is 1.00. The van der Waals surface area contributed by atoms with Gasteiger partial charge in [0.2, 0.25) is 0 Å². The van der Waals surface area contributed by atoms with Crippen LogP contribution in [0.4, 0.5) is 0 Å². The highest BCUT2D eigenvalue weighted by Crippen LogP contribution is 2.42. The quantitative estimate of drug-likeness (QED) is 0.271. The lowest BCUT2D eigenvalue weighted by Gasteiger charge is -2.28. The van der Waals surface area contributed by atoms with Gasteiger partial charge in [-0.3, -0.25) is 0 Å². The summed E-state index contributed by atoms with van der Waals surface area (Å²) >= 11 is 0. The second-order valence-corrected chi connectivity index (χ2v) is 3.43. The second kappa shape index (κ2) is 2.91. The van der Waals surface area contributed by atoms with Crippen LogP contribution in [-0.2, 0) is 9.47 Å². The van der Waals surface area contributed by atoms with Gasteiger partial charge in [-0.2, -0.15) is 0 Å². The van der Waals surface area contributed by atoms with E-state index in [-0.39, 0.29) is 12.1 Å². The van der Waals surface area contributed by atoms with Crippen molar-refractivity contribution < 1.29 is 9.47 Å². The summed E-state index contributed by atoms with van der Waals surface area (Å²) in [5.41, 5.74) is 7.92. The lowest BCUT2D eigenvalue weighted by atomic mass is 9.89. The van der Waals surface area contributed by atoms with Gasteiger partial charge in [0.25, 0.3) is 0 Å². The van der Waals surface area contributed by atoms with Crippen LogP contribution in [0.5, 0.6) is 0 Å². The highest BCUT2D eigenvalue weighted by Gasteiger charge is 2.58. The van der Waals surface area contributed by atoms with Crippen molar-refractivity contribution in [1.29, 1.82) is 0 Å². The van der Waals surface area contributed by atoms with Crippen LogP contribution in [0.1, 0.15) is 13.3 Å². The number of nitrogens with zero attached hydrogens (tertiary/aromatic N) is 3. The molecule has 0 aromatic heterocycles. The Morgan fingerprint density at radius 3 is 3.08 bits per heavy atom. The minimum Gasteiger partial charge on any atom is -0.376 e. The first-order chi connectivity index (χ1) is 6.23. The molecule has 68 valence electrons. The van der Waals surface area contributed by atoms with E-state index in [0.29, 0.717) is 6.61 Å². The second-order valence-electron chi connectivity index (χ2n) is 3.43. The topological polar surface area (TPSA) is 67.2 Å². The van der Waals surface area contributed by atoms with E-state index in [0.717, 1.165) is 6.42 Å². The van der Waals surface area contributed by atoms with Crippen molar-refractivity contribution in [3.63, 3.8) is 0 Å². The van der Waals surface area contributed by atoms with E-state index in [2.05, 4.69) is 10.0 Å². The van der Waals surface area contributed by atoms with Crippen molar-refractivity contribution in [1.82, 2.24) is 0 Å². The fourth-order valence-corrected chi connectivity index (χ4v) is 2.05. The molecule has 0 unspecified atom stereocenters. The predicted molar refractivity (Wildman–Crippen MR) is 46.3 cm³/mol. The summed E-state index contributed by atoms with van der Waals surface area (Å²) in [6, 6.07) is -0.721. The van der Waals surface area contributed by atoms with E-state index in [9.17, 15) is 0 Å². The minimum atomic E-state index is -0.476. The number of hydrogen-bond donors (Lipinski definition) is 0. The van der Waals surface area contributed by atoms with Gasteiger partial charge in [0.1, 0.15) is 13.4 Å². The standard InChI is InChI=1S/C7H10BN3O2/c1-2-7-3-12-4(6(8)13-7)5(7)10-11-9/h4-6H,2-3H2,1H3/t4-,5+,6-,7+/m1/s1. The van der Waals surface area contributed by atoms with Crippen LogP contribution < -0.4 is 0 Å². The van der Waals surface area contributed by atoms with Crippen LogP contribution in [-0.4, -0.2) is 38.2 Å². The first-order valence-electron chi connectivity index (χ1n) is 4.33. The van der Waals surface area contributed by atoms with Crippen molar-refractivity contribution in [2.75, 3.05) is 6.61 Å². The molecule has 4 atom stereocenters. The van der Waals surface area contributed by atoms with Crippen LogP contribution in [0.25, 0.3) is 10.4 Å². The van der Waals surface area contributed by atoms with Gasteiger partial charge < -0.3 is 9.47 Å². The molecule has 2 bridgehead atoms. The Bertz CT molecular complexity index is 268. The molecule has 2 fully saturated rings. The number of fused-ring (bicyclic) bond motifs is 2. The van der Waals surface area contributed by atoms with Crippen LogP contribution in [0, 0.1) is 0 Å². The van der Waals surface area contributed by atoms with E-state index in [4.69, 9.17) is 22.9 Å². The molecular formula is C7H10BN3O2. The van der Waals surface area contributed by atoms with E-state index in [1.807, 2.05) is 6.92 Å². The summed E-state index contributed by atoms with van der Waals surface area (Å²) in [6.07, 6.45) is 0.483. The lowest BCUT2D eigenvalue weighted by molar-refractivity contribution is -0.114. The minimum absolute atomic E-state index is 0.266. The Morgan fingerprint density at radius 1 is 1.77 bits per heavy atom. The molecule has 13 heavy (non-hydrogen) atoms. The monoisotopic (exact) mass is 179 g/mol. The van der Waals surface area contributed by atoms with Gasteiger partial charge in [-0.25, -0.2) is 0 Å². The number of ether oxygens (including phenoxy) is 2. The normalized spacial score (nSPS) is 47.6. The van der Waals surface area contributed by atoms with Crippen molar-refractivity contribution in [2.45, 2.75) is 37.1 Å². The van der Waals surface area contributed by atoms with E-state index < -0.39 is 11.6 Å². The van der Waals surface area contributed by atoms with E-state index in [1.165, 1.54) is 0 Å². The van der Waals surface area contributed by atoms with Gasteiger partial charge in [-0.1, -0.05) is 12.0 Å². The molecule has 0 aliphatic carbocycles. The van der Waals surface area contributed by atoms with Gasteiger partial charge >= 0.3 is 0 Å². The Labute approximate surface area is 77.4 Å². The molecule has 5 nitrogen and oxygen atoms in total. The van der Waals surface area contributed by atoms with Crippen LogP contribution >= 0.6 is 0 Å². The molecule has 2 aliphatic rings. The predicted octanol–water partition coefficient (Wildman–Crippen LogP) is 0.738. The summed E-state index contributed by atoms with van der Waals surface area (Å²) in [6.45, 7) is 2.45. The molecular weight excluding hydrogens is 169 g/mol. The van der Waals surface area contributed by atoms with Crippen molar-refractivity contribution >= 4 is 7.85 Å². The third-order valence-electron chi connectivity index (χ3n) is 2.84. The van der Waals surface area contributed by atoms with Gasteiger partial charge in [0.15, 0.2) is 0 Å². The molecule has 2 heterocycles. The maximum absolute atomic E-state index is 8.39. The molecule has 0 saturated carbocycles. The third kappa shape index (κ3) is 1.06. The Morgan fingerprint density at radius 2 is 2.54 bits per heavy atom. The molecule has 2 aliphatic heterocycles. The first kappa shape index (κ1) is 8.87. The lowest BCUT2D eigenvalue weighted by Crippen LogP contribution is -2.39. The summed E-state index contributed by atoms with van der Waals surface area (Å²) < 4.78 is 11.0. The number of hydrogen-bond acceptors (Lipinski definition) is 3. The van der Waals surface area contributed by atoms with E-state index >= 15 is 0 Å². The number of azide groups is 1. The summed E-state index contributed by atoms with van der Waals surface area (Å²) in [5.74, 6) is 0. The molecule has 0 aromatic rings. The summed E-state index contributed by atoms with van der Waals surface area (Å²) in [7, 11) is 5.67. The molecule has 6 heteroatoms. The number of rotatable bonds is 2. The van der Waals surface area contributed by atoms with Gasteiger partial charge in [-0.05, 0) is 12.0 Å². The average Bonchev–Trinajstić information content (AvgIpc) is 2.59. The Kier molecular flexibility index (Phi) is 1.98. The molecule has 0 N–H and O–H groups in total. The van der Waals surface area contributed by atoms with Crippen molar-refractivity contribution in [3.8, 4) is 0 Å². The zero-order valence-corrected chi connectivity index (χ0v) is 7.38. The zero-order chi connectivity index (χ0) is 9.47.